The maximum Gasteiger partial charge on any atom is 0.258 e. The summed E-state index contributed by atoms with van der Waals surface area (Å²) in [6, 6.07) is 22.3. The molecule has 0 aliphatic carbocycles. The van der Waals surface area contributed by atoms with Gasteiger partial charge < -0.3 is 14.7 Å². The number of hydrogen-bond acceptors (Lipinski definition) is 5. The fourth-order valence-corrected chi connectivity index (χ4v) is 6.14. The molecule has 0 unspecified atom stereocenters. The maximum atomic E-state index is 14.0. The van der Waals surface area contributed by atoms with Crippen molar-refractivity contribution in [1.29, 1.82) is 0 Å². The fourth-order valence-electron chi connectivity index (χ4n) is 6.14. The van der Waals surface area contributed by atoms with E-state index in [1.807, 2.05) is 41.0 Å². The van der Waals surface area contributed by atoms with Crippen LogP contribution in [0.3, 0.4) is 0 Å². The number of piperazine rings is 1. The number of para-hydroxylation sites is 1. The van der Waals surface area contributed by atoms with Crippen molar-refractivity contribution in [2.75, 3.05) is 70.9 Å². The number of carbonyl (C=O) groups excluding carboxylic acids is 2. The lowest BCUT2D eigenvalue weighted by atomic mass is 10.0. The summed E-state index contributed by atoms with van der Waals surface area (Å²) >= 11 is 0. The second kappa shape index (κ2) is 14.7. The molecule has 0 N–H and O–H groups in total. The minimum atomic E-state index is -0.368. The van der Waals surface area contributed by atoms with E-state index in [1.165, 1.54) is 17.7 Å². The summed E-state index contributed by atoms with van der Waals surface area (Å²) in [6.45, 7) is 10.2. The number of anilines is 1. The fraction of sp³-hybridized carbons (Fsp3) is 0.429. The van der Waals surface area contributed by atoms with Crippen LogP contribution in [0.4, 0.5) is 10.1 Å². The molecule has 8 heteroatoms. The molecule has 0 atom stereocenters. The number of fused-ring (bicyclic) bond motifs is 1. The summed E-state index contributed by atoms with van der Waals surface area (Å²) < 4.78 is 13.8. The van der Waals surface area contributed by atoms with Crippen molar-refractivity contribution in [2.24, 2.45) is 0 Å². The van der Waals surface area contributed by atoms with E-state index in [2.05, 4.69) is 46.0 Å². The monoisotopic (exact) mass is 585 g/mol. The molecule has 228 valence electrons. The highest BCUT2D eigenvalue weighted by Gasteiger charge is 2.26. The van der Waals surface area contributed by atoms with Crippen molar-refractivity contribution in [3.05, 3.63) is 101 Å². The Hall–Kier alpha value is -3.59. The van der Waals surface area contributed by atoms with Gasteiger partial charge >= 0.3 is 0 Å². The van der Waals surface area contributed by atoms with Crippen molar-refractivity contribution < 1.29 is 14.0 Å². The molecule has 0 spiro atoms. The predicted molar refractivity (Wildman–Crippen MR) is 170 cm³/mol. The summed E-state index contributed by atoms with van der Waals surface area (Å²) in [4.78, 5) is 38.7. The first kappa shape index (κ1) is 30.9. The third-order valence-corrected chi connectivity index (χ3v) is 8.60. The first-order valence-corrected chi connectivity index (χ1v) is 15.5. The lowest BCUT2D eigenvalue weighted by Crippen LogP contribution is -2.49. The lowest BCUT2D eigenvalue weighted by Gasteiger charge is -2.35. The molecule has 0 aromatic heterocycles. The third kappa shape index (κ3) is 8.28. The van der Waals surface area contributed by atoms with Crippen LogP contribution in [0.15, 0.2) is 72.8 Å². The van der Waals surface area contributed by atoms with Gasteiger partial charge in [-0.25, -0.2) is 4.39 Å². The van der Waals surface area contributed by atoms with Crippen LogP contribution in [0, 0.1) is 12.7 Å². The predicted octanol–water partition coefficient (Wildman–Crippen LogP) is 4.65. The van der Waals surface area contributed by atoms with Gasteiger partial charge in [0.1, 0.15) is 5.82 Å². The molecular formula is C35H44FN5O2. The van der Waals surface area contributed by atoms with E-state index >= 15 is 0 Å². The SMILES string of the molecule is Cc1cccc2c1N(C(=O)c1ccc(F)cc1)CCCN(Cc1ccccc1)CCCN(C(=O)CN1CCN(C)CC1)C2. The highest BCUT2D eigenvalue weighted by atomic mass is 19.1. The number of benzene rings is 3. The van der Waals surface area contributed by atoms with Gasteiger partial charge in [0, 0.05) is 71.0 Å². The summed E-state index contributed by atoms with van der Waals surface area (Å²) in [6.07, 6.45) is 1.67. The highest BCUT2D eigenvalue weighted by molar-refractivity contribution is 6.07. The number of amides is 2. The Morgan fingerprint density at radius 1 is 0.744 bits per heavy atom. The Bertz CT molecular complexity index is 1360. The van der Waals surface area contributed by atoms with Crippen molar-refractivity contribution in [2.45, 2.75) is 32.9 Å². The molecule has 3 aromatic carbocycles. The van der Waals surface area contributed by atoms with Gasteiger partial charge in [-0.15, -0.1) is 0 Å². The summed E-state index contributed by atoms with van der Waals surface area (Å²) in [7, 11) is 2.12. The summed E-state index contributed by atoms with van der Waals surface area (Å²) in [5.41, 5.74) is 4.50. The van der Waals surface area contributed by atoms with Gasteiger partial charge in [0.2, 0.25) is 5.91 Å². The van der Waals surface area contributed by atoms with Crippen LogP contribution in [-0.4, -0.2) is 97.4 Å². The standard InChI is InChI=1S/C35H44FN5O2/c1-28-9-6-12-31-26-40(33(42)27-39-23-21-37(2)22-24-39)19-7-17-38(25-29-10-4-3-5-11-29)18-8-20-41(34(28)31)35(43)30-13-15-32(36)16-14-30/h3-6,9-16H,7-8,17-27H2,1-2H3. The van der Waals surface area contributed by atoms with E-state index in [-0.39, 0.29) is 17.6 Å². The van der Waals surface area contributed by atoms with Crippen LogP contribution in [0.5, 0.6) is 0 Å². The molecule has 1 saturated heterocycles. The Morgan fingerprint density at radius 3 is 2.16 bits per heavy atom. The Balaban J connectivity index is 1.45. The van der Waals surface area contributed by atoms with E-state index in [4.69, 9.17) is 0 Å². The molecular weight excluding hydrogens is 541 g/mol. The number of likely N-dealkylation sites (N-methyl/N-ethyl adjacent to an activating group) is 1. The maximum absolute atomic E-state index is 14.0. The first-order chi connectivity index (χ1) is 20.9. The van der Waals surface area contributed by atoms with Crippen LogP contribution in [0.1, 0.15) is 39.9 Å². The molecule has 7 nitrogen and oxygen atoms in total. The second-order valence-electron chi connectivity index (χ2n) is 11.9. The van der Waals surface area contributed by atoms with Gasteiger partial charge in [0.25, 0.3) is 5.91 Å². The van der Waals surface area contributed by atoms with Crippen molar-refractivity contribution in [3.63, 3.8) is 0 Å². The van der Waals surface area contributed by atoms with Crippen LogP contribution >= 0.6 is 0 Å². The first-order valence-electron chi connectivity index (χ1n) is 15.5. The van der Waals surface area contributed by atoms with Crippen molar-refractivity contribution in [1.82, 2.24) is 19.6 Å². The largest absolute Gasteiger partial charge is 0.337 e. The highest BCUT2D eigenvalue weighted by Crippen LogP contribution is 2.29. The third-order valence-electron chi connectivity index (χ3n) is 8.60. The lowest BCUT2D eigenvalue weighted by molar-refractivity contribution is -0.133. The zero-order valence-electron chi connectivity index (χ0n) is 25.6. The molecule has 3 aromatic rings. The Kier molecular flexibility index (Phi) is 10.6. The molecule has 2 heterocycles. The molecule has 43 heavy (non-hydrogen) atoms. The summed E-state index contributed by atoms with van der Waals surface area (Å²) in [5, 5.41) is 0. The van der Waals surface area contributed by atoms with E-state index in [0.29, 0.717) is 31.7 Å². The molecule has 0 radical (unpaired) electrons. The second-order valence-corrected chi connectivity index (χ2v) is 11.9. The van der Waals surface area contributed by atoms with Crippen LogP contribution < -0.4 is 4.90 Å². The Labute approximate surface area is 255 Å². The van der Waals surface area contributed by atoms with Gasteiger partial charge in [-0.2, -0.15) is 0 Å². The van der Waals surface area contributed by atoms with Crippen LogP contribution in [0.2, 0.25) is 0 Å². The smallest absolute Gasteiger partial charge is 0.258 e. The van der Waals surface area contributed by atoms with Crippen LogP contribution in [0.25, 0.3) is 0 Å². The van der Waals surface area contributed by atoms with Gasteiger partial charge in [-0.1, -0.05) is 48.5 Å². The zero-order valence-corrected chi connectivity index (χ0v) is 25.6. The molecule has 2 amide bonds. The number of rotatable bonds is 5. The molecule has 2 aliphatic rings. The van der Waals surface area contributed by atoms with E-state index < -0.39 is 0 Å². The molecule has 1 fully saturated rings. The zero-order chi connectivity index (χ0) is 30.2. The van der Waals surface area contributed by atoms with Gasteiger partial charge in [0.15, 0.2) is 0 Å². The van der Waals surface area contributed by atoms with Gasteiger partial charge in [-0.05, 0) is 67.8 Å². The molecule has 2 aliphatic heterocycles. The normalized spacial score (nSPS) is 18.0. The average Bonchev–Trinajstić information content (AvgIpc) is 3.00. The van der Waals surface area contributed by atoms with Crippen LogP contribution in [-0.2, 0) is 17.9 Å². The number of nitrogens with zero attached hydrogens (tertiary/aromatic N) is 5. The minimum Gasteiger partial charge on any atom is -0.337 e. The topological polar surface area (TPSA) is 50.3 Å². The van der Waals surface area contributed by atoms with E-state index in [9.17, 15) is 14.0 Å². The van der Waals surface area contributed by atoms with Crippen molar-refractivity contribution >= 4 is 17.5 Å². The Morgan fingerprint density at radius 2 is 1.44 bits per heavy atom. The van der Waals surface area contributed by atoms with E-state index in [1.54, 1.807) is 12.1 Å². The van der Waals surface area contributed by atoms with Crippen molar-refractivity contribution in [3.8, 4) is 0 Å². The molecule has 5 rings (SSSR count). The van der Waals surface area contributed by atoms with E-state index in [0.717, 1.165) is 75.5 Å². The molecule has 0 saturated carbocycles. The van der Waals surface area contributed by atoms with Gasteiger partial charge in [-0.3, -0.25) is 19.4 Å². The number of aryl methyl sites for hydroxylation is 1. The molecule has 0 bridgehead atoms. The average molecular weight is 586 g/mol. The minimum absolute atomic E-state index is 0.125. The van der Waals surface area contributed by atoms with Gasteiger partial charge in [0.05, 0.1) is 12.2 Å². The number of hydrogen-bond donors (Lipinski definition) is 0. The number of halogens is 1. The summed E-state index contributed by atoms with van der Waals surface area (Å²) in [5.74, 6) is -0.398. The quantitative estimate of drug-likeness (QED) is 0.436. The number of carbonyl (C=O) groups is 2.